The van der Waals surface area contributed by atoms with Gasteiger partial charge >= 0.3 is 0 Å². The maximum absolute atomic E-state index is 14.2. The molecular weight excluding hydrogens is 554 g/mol. The molecule has 0 saturated heterocycles. The van der Waals surface area contributed by atoms with Crippen LogP contribution < -0.4 is 21.5 Å². The molecule has 1 aliphatic rings. The number of benzene rings is 2. The van der Waals surface area contributed by atoms with E-state index in [-0.39, 0.29) is 18.9 Å². The highest BCUT2D eigenvalue weighted by molar-refractivity contribution is 7.92. The second-order valence-electron chi connectivity index (χ2n) is 11.5. The first kappa shape index (κ1) is 33.3. The summed E-state index contributed by atoms with van der Waals surface area (Å²) in [5, 5.41) is 0. The van der Waals surface area contributed by atoms with Gasteiger partial charge in [-0.05, 0) is 54.4 Å². The van der Waals surface area contributed by atoms with Crippen LogP contribution in [0.15, 0.2) is 60.7 Å². The monoisotopic (exact) mass is 599 g/mol. The summed E-state index contributed by atoms with van der Waals surface area (Å²) in [6.45, 7) is 3.89. The fraction of sp³-hybridized carbons (Fsp3) is 0.500. The second kappa shape index (κ2) is 15.3. The van der Waals surface area contributed by atoms with Crippen molar-refractivity contribution < 1.29 is 27.6 Å². The summed E-state index contributed by atoms with van der Waals surface area (Å²) in [5.74, 6) is 2.31. The Morgan fingerprint density at radius 3 is 2.21 bits per heavy atom. The summed E-state index contributed by atoms with van der Waals surface area (Å²) < 4.78 is 31.8. The Bertz CT molecular complexity index is 1290. The van der Waals surface area contributed by atoms with Crippen LogP contribution >= 0.6 is 0 Å². The molecule has 0 radical (unpaired) electrons. The van der Waals surface area contributed by atoms with Gasteiger partial charge in [-0.2, -0.15) is 0 Å². The van der Waals surface area contributed by atoms with Crippen LogP contribution in [-0.4, -0.2) is 38.3 Å². The zero-order chi connectivity index (χ0) is 30.8. The van der Waals surface area contributed by atoms with Gasteiger partial charge < -0.3 is 4.74 Å². The molecule has 0 heterocycles. The van der Waals surface area contributed by atoms with E-state index in [4.69, 9.17) is 15.4 Å². The van der Waals surface area contributed by atoms with Crippen molar-refractivity contribution in [3.05, 3.63) is 71.8 Å². The average molecular weight is 600 g/mol. The van der Waals surface area contributed by atoms with E-state index >= 15 is 0 Å². The van der Waals surface area contributed by atoms with E-state index < -0.39 is 44.2 Å². The smallest absolute Gasteiger partial charge is 0.249 e. The highest BCUT2D eigenvalue weighted by Gasteiger charge is 2.58. The minimum atomic E-state index is -3.99. The number of methoxy groups -OCH3 is 1. The zero-order valence-corrected chi connectivity index (χ0v) is 25.9. The van der Waals surface area contributed by atoms with Crippen molar-refractivity contribution in [1.29, 1.82) is 0 Å². The lowest BCUT2D eigenvalue weighted by Crippen LogP contribution is -2.60. The third-order valence-corrected chi connectivity index (χ3v) is 10.2. The summed E-state index contributed by atoms with van der Waals surface area (Å²) in [7, 11) is -2.41. The molecule has 9 nitrogen and oxygen atoms in total. The molecule has 2 aromatic rings. The number of rotatable bonds is 14. The minimum absolute atomic E-state index is 0.0236. The summed E-state index contributed by atoms with van der Waals surface area (Å²) in [6, 6.07) is 16.5. The van der Waals surface area contributed by atoms with E-state index in [0.29, 0.717) is 18.6 Å². The van der Waals surface area contributed by atoms with Crippen LogP contribution in [0.1, 0.15) is 63.5 Å². The molecule has 1 saturated carbocycles. The molecule has 10 heteroatoms. The molecule has 3 atom stereocenters. The number of nitrogens with two attached hydrogens (primary N) is 1. The molecule has 3 rings (SSSR count). The van der Waals surface area contributed by atoms with Gasteiger partial charge in [-0.3, -0.25) is 19.9 Å². The van der Waals surface area contributed by atoms with Crippen molar-refractivity contribution in [2.45, 2.75) is 63.7 Å². The molecule has 1 aliphatic carbocycles. The number of hydrazine groups is 1. The van der Waals surface area contributed by atoms with Crippen molar-refractivity contribution in [2.75, 3.05) is 13.4 Å². The van der Waals surface area contributed by atoms with E-state index in [1.54, 1.807) is 43.5 Å². The fourth-order valence-corrected chi connectivity index (χ4v) is 8.07. The first-order valence-electron chi connectivity index (χ1n) is 14.5. The lowest BCUT2D eigenvalue weighted by molar-refractivity contribution is -0.147. The Morgan fingerprint density at radius 2 is 1.67 bits per heavy atom. The van der Waals surface area contributed by atoms with Crippen LogP contribution in [0.2, 0.25) is 0 Å². The van der Waals surface area contributed by atoms with Crippen LogP contribution in [0.25, 0.3) is 6.08 Å². The first-order valence-corrected chi connectivity index (χ1v) is 16.4. The van der Waals surface area contributed by atoms with E-state index in [1.807, 2.05) is 44.2 Å². The number of hydroxylamine groups is 1. The Hall–Kier alpha value is -3.21. The highest BCUT2D eigenvalue weighted by Crippen LogP contribution is 2.48. The standard InChI is InChI=1S/C32H45N3O6S/c1-23(2)21-28(30(36)34-33)29(31(37)35-41-22-25-15-17-27(40-3)18-16-25)32(42(4,38)39,26-13-9-6-10-14-26)20-19-24-11-7-5-8-12-24/h5,7-8,11-12,15-20,23,26,28-29H,6,9-10,13-14,21-22,33H2,1-4H3,(H,34,36)(H,35,37)/b20-19+/t28-,29+,32?/m1/s1. The summed E-state index contributed by atoms with van der Waals surface area (Å²) >= 11 is 0. The largest absolute Gasteiger partial charge is 0.497 e. The van der Waals surface area contributed by atoms with E-state index in [9.17, 15) is 18.0 Å². The number of carbonyl (C=O) groups is 2. The van der Waals surface area contributed by atoms with Crippen molar-refractivity contribution in [3.8, 4) is 5.75 Å². The Kier molecular flexibility index (Phi) is 12.1. The van der Waals surface area contributed by atoms with Crippen LogP contribution in [0.4, 0.5) is 0 Å². The molecule has 0 bridgehead atoms. The zero-order valence-electron chi connectivity index (χ0n) is 25.0. The number of hydrogen-bond acceptors (Lipinski definition) is 7. The number of ether oxygens (including phenoxy) is 1. The third-order valence-electron chi connectivity index (χ3n) is 8.17. The van der Waals surface area contributed by atoms with Crippen LogP contribution in [0, 0.1) is 23.7 Å². The minimum Gasteiger partial charge on any atom is -0.497 e. The highest BCUT2D eigenvalue weighted by atomic mass is 32.2. The van der Waals surface area contributed by atoms with Crippen molar-refractivity contribution >= 4 is 27.7 Å². The van der Waals surface area contributed by atoms with Gasteiger partial charge in [0.1, 0.15) is 10.5 Å². The molecule has 0 aromatic heterocycles. The normalized spacial score (nSPS) is 17.4. The van der Waals surface area contributed by atoms with E-state index in [0.717, 1.165) is 30.4 Å². The van der Waals surface area contributed by atoms with Crippen molar-refractivity contribution in [1.82, 2.24) is 10.9 Å². The van der Waals surface area contributed by atoms with E-state index in [2.05, 4.69) is 10.9 Å². The number of nitrogens with one attached hydrogen (secondary N) is 2. The molecule has 4 N–H and O–H groups in total. The van der Waals surface area contributed by atoms with Crippen LogP contribution in [-0.2, 0) is 30.9 Å². The maximum Gasteiger partial charge on any atom is 0.249 e. The average Bonchev–Trinajstić information content (AvgIpc) is 2.98. The third kappa shape index (κ3) is 8.20. The fourth-order valence-electron chi connectivity index (χ4n) is 6.18. The molecule has 2 amide bonds. The lowest BCUT2D eigenvalue weighted by Gasteiger charge is -2.46. The summed E-state index contributed by atoms with van der Waals surface area (Å²) in [4.78, 5) is 33.3. The van der Waals surface area contributed by atoms with E-state index in [1.165, 1.54) is 6.26 Å². The number of hydrogen-bond donors (Lipinski definition) is 3. The molecule has 1 fully saturated rings. The second-order valence-corrected chi connectivity index (χ2v) is 13.8. The number of carbonyl (C=O) groups excluding carboxylic acids is 2. The van der Waals surface area contributed by atoms with Gasteiger partial charge in [0.05, 0.1) is 25.6 Å². The first-order chi connectivity index (χ1) is 20.0. The van der Waals surface area contributed by atoms with Gasteiger partial charge in [0.2, 0.25) is 11.8 Å². The topological polar surface area (TPSA) is 137 Å². The molecular formula is C32H45N3O6S. The molecule has 1 unspecified atom stereocenters. The quantitative estimate of drug-likeness (QED) is 0.164. The predicted octanol–water partition coefficient (Wildman–Crippen LogP) is 4.59. The van der Waals surface area contributed by atoms with Gasteiger partial charge in [-0.15, -0.1) is 0 Å². The summed E-state index contributed by atoms with van der Waals surface area (Å²) in [5.41, 5.74) is 6.29. The number of amides is 2. The Balaban J connectivity index is 2.14. The van der Waals surface area contributed by atoms with Crippen molar-refractivity contribution in [3.63, 3.8) is 0 Å². The predicted molar refractivity (Wildman–Crippen MR) is 164 cm³/mol. The van der Waals surface area contributed by atoms with Gasteiger partial charge in [0.25, 0.3) is 0 Å². The van der Waals surface area contributed by atoms with Gasteiger partial charge in [-0.25, -0.2) is 19.7 Å². The molecule has 2 aromatic carbocycles. The van der Waals surface area contributed by atoms with Gasteiger partial charge in [-0.1, -0.05) is 87.7 Å². The van der Waals surface area contributed by atoms with Gasteiger partial charge in [0.15, 0.2) is 9.84 Å². The lowest BCUT2D eigenvalue weighted by atomic mass is 9.67. The molecule has 0 spiro atoms. The molecule has 230 valence electrons. The van der Waals surface area contributed by atoms with Crippen molar-refractivity contribution in [2.24, 2.45) is 29.5 Å². The number of sulfone groups is 1. The van der Waals surface area contributed by atoms with Gasteiger partial charge in [0, 0.05) is 6.26 Å². The SMILES string of the molecule is COc1ccc(CONC(=O)[C@H]([C@@H](CC(C)C)C(=O)NN)C(/C=C/c2ccccc2)(C2CCCCC2)S(C)(=O)=O)cc1. The maximum atomic E-state index is 14.2. The Morgan fingerprint density at radius 1 is 1.02 bits per heavy atom. The molecule has 42 heavy (non-hydrogen) atoms. The summed E-state index contributed by atoms with van der Waals surface area (Å²) in [6.07, 6.45) is 8.70. The Labute approximate surface area is 250 Å². The van der Waals surface area contributed by atoms with Crippen LogP contribution in [0.3, 0.4) is 0 Å². The van der Waals surface area contributed by atoms with Crippen LogP contribution in [0.5, 0.6) is 5.75 Å². The molecule has 0 aliphatic heterocycles.